The van der Waals surface area contributed by atoms with E-state index in [0.717, 1.165) is 6.07 Å². The summed E-state index contributed by atoms with van der Waals surface area (Å²) < 4.78 is 43.6. The van der Waals surface area contributed by atoms with Crippen molar-refractivity contribution >= 4 is 5.91 Å². The predicted octanol–water partition coefficient (Wildman–Crippen LogP) is 2.56. The van der Waals surface area contributed by atoms with E-state index in [1.54, 1.807) is 0 Å². The van der Waals surface area contributed by atoms with Crippen LogP contribution >= 0.6 is 0 Å². The number of pyridine rings is 1. The molecule has 2 aromatic heterocycles. The zero-order chi connectivity index (χ0) is 17.5. The van der Waals surface area contributed by atoms with E-state index in [-0.39, 0.29) is 35.7 Å². The summed E-state index contributed by atoms with van der Waals surface area (Å²) in [5, 5.41) is 6.49. The number of carbonyl (C=O) groups is 1. The molecule has 1 atom stereocenters. The van der Waals surface area contributed by atoms with Crippen molar-refractivity contribution in [1.82, 2.24) is 20.4 Å². The molecule has 1 aliphatic rings. The number of alkyl halides is 3. The first kappa shape index (κ1) is 16.4. The molecule has 1 saturated heterocycles. The second-order valence-corrected chi connectivity index (χ2v) is 6.09. The number of rotatable bonds is 3. The van der Waals surface area contributed by atoms with Gasteiger partial charge in [-0.15, -0.1) is 0 Å². The number of carbonyl (C=O) groups excluding carboxylic acids is 1. The molecule has 1 fully saturated rings. The van der Waals surface area contributed by atoms with Gasteiger partial charge in [0.25, 0.3) is 0 Å². The first-order valence-corrected chi connectivity index (χ1v) is 7.38. The lowest BCUT2D eigenvalue weighted by atomic mass is 9.76. The maximum Gasteiger partial charge on any atom is 0.433 e. The van der Waals surface area contributed by atoms with Gasteiger partial charge in [0.1, 0.15) is 11.4 Å². The van der Waals surface area contributed by atoms with Crippen LogP contribution in [0.25, 0.3) is 11.5 Å². The van der Waals surface area contributed by atoms with Crippen molar-refractivity contribution < 1.29 is 22.5 Å². The van der Waals surface area contributed by atoms with E-state index in [9.17, 15) is 18.0 Å². The number of nitrogens with zero attached hydrogens (tertiary/aromatic N) is 3. The number of nitrogens with one attached hydrogen (secondary N) is 1. The quantitative estimate of drug-likeness (QED) is 0.929. The van der Waals surface area contributed by atoms with Crippen molar-refractivity contribution in [2.45, 2.75) is 31.9 Å². The summed E-state index contributed by atoms with van der Waals surface area (Å²) in [6.45, 7) is 4.19. The Morgan fingerprint density at radius 1 is 1.29 bits per heavy atom. The highest BCUT2D eigenvalue weighted by Crippen LogP contribution is 2.38. The summed E-state index contributed by atoms with van der Waals surface area (Å²) in [7, 11) is 0. The van der Waals surface area contributed by atoms with Gasteiger partial charge in [-0.25, -0.2) is 4.98 Å². The van der Waals surface area contributed by atoms with Gasteiger partial charge in [-0.3, -0.25) is 4.79 Å². The minimum atomic E-state index is -4.55. The van der Waals surface area contributed by atoms with Crippen molar-refractivity contribution in [3.05, 3.63) is 29.8 Å². The van der Waals surface area contributed by atoms with E-state index in [0.29, 0.717) is 6.54 Å². The van der Waals surface area contributed by atoms with Crippen LogP contribution in [0.2, 0.25) is 0 Å². The third kappa shape index (κ3) is 2.74. The molecule has 24 heavy (non-hydrogen) atoms. The van der Waals surface area contributed by atoms with E-state index in [4.69, 9.17) is 4.52 Å². The van der Waals surface area contributed by atoms with Gasteiger partial charge in [0.15, 0.2) is 0 Å². The lowest BCUT2D eigenvalue weighted by Crippen LogP contribution is -2.35. The fraction of sp³-hybridized carbons (Fsp3) is 0.467. The molecule has 0 aromatic carbocycles. The molecule has 0 bridgehead atoms. The Morgan fingerprint density at radius 3 is 2.62 bits per heavy atom. The Bertz CT molecular complexity index is 772. The molecule has 1 N–H and O–H groups in total. The second kappa shape index (κ2) is 5.57. The molecule has 3 heterocycles. The molecule has 3 rings (SSSR count). The van der Waals surface area contributed by atoms with Crippen molar-refractivity contribution in [3.63, 3.8) is 0 Å². The molecule has 6 nitrogen and oxygen atoms in total. The summed E-state index contributed by atoms with van der Waals surface area (Å²) in [4.78, 5) is 19.4. The third-order valence-corrected chi connectivity index (χ3v) is 4.30. The fourth-order valence-corrected chi connectivity index (χ4v) is 2.72. The monoisotopic (exact) mass is 340 g/mol. The third-order valence-electron chi connectivity index (χ3n) is 4.30. The molecule has 1 aliphatic heterocycles. The van der Waals surface area contributed by atoms with Gasteiger partial charge in [-0.1, -0.05) is 25.1 Å². The number of halogens is 3. The largest absolute Gasteiger partial charge is 0.433 e. The molecule has 9 heteroatoms. The lowest BCUT2D eigenvalue weighted by Gasteiger charge is -2.26. The van der Waals surface area contributed by atoms with Gasteiger partial charge in [-0.05, 0) is 18.1 Å². The van der Waals surface area contributed by atoms with Crippen LogP contribution < -0.4 is 5.32 Å². The molecule has 0 aliphatic carbocycles. The number of hydrogen-bond donors (Lipinski definition) is 1. The van der Waals surface area contributed by atoms with E-state index in [1.807, 2.05) is 13.8 Å². The standard InChI is InChI=1S/C15H15F3N4O2/c1-8(2)14(6-11(23)19-7-14)13-21-12(22-24-13)9-4-3-5-10(20-9)15(16,17)18/h3-5,8H,6-7H2,1-2H3,(H,19,23). The van der Waals surface area contributed by atoms with Crippen LogP contribution in [0.3, 0.4) is 0 Å². The number of aromatic nitrogens is 3. The topological polar surface area (TPSA) is 80.9 Å². The number of amides is 1. The van der Waals surface area contributed by atoms with Gasteiger partial charge in [-0.2, -0.15) is 18.2 Å². The van der Waals surface area contributed by atoms with Crippen molar-refractivity contribution in [3.8, 4) is 11.5 Å². The summed E-state index contributed by atoms with van der Waals surface area (Å²) in [5.74, 6) is 0.0976. The molecule has 0 spiro atoms. The second-order valence-electron chi connectivity index (χ2n) is 6.09. The Labute approximate surface area is 135 Å². The first-order chi connectivity index (χ1) is 11.2. The van der Waals surface area contributed by atoms with Gasteiger partial charge >= 0.3 is 6.18 Å². The minimum absolute atomic E-state index is 0.0271. The van der Waals surface area contributed by atoms with Crippen LogP contribution in [0.15, 0.2) is 22.7 Å². The molecule has 1 amide bonds. The van der Waals surface area contributed by atoms with Crippen LogP contribution in [-0.2, 0) is 16.4 Å². The average molecular weight is 340 g/mol. The Balaban J connectivity index is 1.98. The zero-order valence-corrected chi connectivity index (χ0v) is 13.0. The van der Waals surface area contributed by atoms with Gasteiger partial charge in [0.05, 0.1) is 5.41 Å². The highest BCUT2D eigenvalue weighted by atomic mass is 19.4. The summed E-state index contributed by atoms with van der Waals surface area (Å²) in [6.07, 6.45) is -4.36. The van der Waals surface area contributed by atoms with E-state index in [2.05, 4.69) is 20.4 Å². The van der Waals surface area contributed by atoms with Crippen LogP contribution in [0.1, 0.15) is 31.9 Å². The average Bonchev–Trinajstić information content (AvgIpc) is 3.14. The maximum absolute atomic E-state index is 12.8. The molecular formula is C15H15F3N4O2. The van der Waals surface area contributed by atoms with E-state index in [1.165, 1.54) is 12.1 Å². The first-order valence-electron chi connectivity index (χ1n) is 7.38. The summed E-state index contributed by atoms with van der Waals surface area (Å²) in [6, 6.07) is 3.49. The van der Waals surface area contributed by atoms with Crippen LogP contribution in [0.5, 0.6) is 0 Å². The van der Waals surface area contributed by atoms with Crippen LogP contribution in [0.4, 0.5) is 13.2 Å². The Kier molecular flexibility index (Phi) is 3.81. The Hall–Kier alpha value is -2.45. The SMILES string of the molecule is CC(C)C1(c2nc(-c3cccc(C(F)(F)F)n3)no2)CNC(=O)C1. The van der Waals surface area contributed by atoms with Gasteiger partial charge in [0.2, 0.25) is 17.6 Å². The molecule has 1 unspecified atom stereocenters. The van der Waals surface area contributed by atoms with Crippen LogP contribution in [0, 0.1) is 5.92 Å². The smallest absolute Gasteiger partial charge is 0.355 e. The zero-order valence-electron chi connectivity index (χ0n) is 13.0. The fourth-order valence-electron chi connectivity index (χ4n) is 2.72. The highest BCUT2D eigenvalue weighted by Gasteiger charge is 2.47. The predicted molar refractivity (Wildman–Crippen MR) is 76.7 cm³/mol. The van der Waals surface area contributed by atoms with E-state index < -0.39 is 17.3 Å². The summed E-state index contributed by atoms with van der Waals surface area (Å²) in [5.41, 5.74) is -1.72. The van der Waals surface area contributed by atoms with Crippen molar-refractivity contribution in [2.24, 2.45) is 5.92 Å². The molecule has 2 aromatic rings. The van der Waals surface area contributed by atoms with Gasteiger partial charge < -0.3 is 9.84 Å². The lowest BCUT2D eigenvalue weighted by molar-refractivity contribution is -0.141. The highest BCUT2D eigenvalue weighted by molar-refractivity contribution is 5.80. The molecular weight excluding hydrogens is 325 g/mol. The molecule has 0 saturated carbocycles. The molecule has 128 valence electrons. The van der Waals surface area contributed by atoms with E-state index >= 15 is 0 Å². The maximum atomic E-state index is 12.8. The van der Waals surface area contributed by atoms with Crippen molar-refractivity contribution in [1.29, 1.82) is 0 Å². The Morgan fingerprint density at radius 2 is 2.04 bits per heavy atom. The van der Waals surface area contributed by atoms with Crippen molar-refractivity contribution in [2.75, 3.05) is 6.54 Å². The normalized spacial score (nSPS) is 21.3. The minimum Gasteiger partial charge on any atom is -0.355 e. The van der Waals surface area contributed by atoms with Gasteiger partial charge in [0, 0.05) is 13.0 Å². The summed E-state index contributed by atoms with van der Waals surface area (Å²) >= 11 is 0. The molecule has 0 radical (unpaired) electrons. The van der Waals surface area contributed by atoms with Crippen LogP contribution in [-0.4, -0.2) is 27.6 Å². The number of hydrogen-bond acceptors (Lipinski definition) is 5.